The van der Waals surface area contributed by atoms with Gasteiger partial charge in [0.25, 0.3) is 5.91 Å². The van der Waals surface area contributed by atoms with Crippen LogP contribution in [0.15, 0.2) is 89.4 Å². The van der Waals surface area contributed by atoms with Crippen molar-refractivity contribution < 1.29 is 9.21 Å². The minimum absolute atomic E-state index is 0.112. The van der Waals surface area contributed by atoms with Gasteiger partial charge in [0.05, 0.1) is 6.26 Å². The van der Waals surface area contributed by atoms with Gasteiger partial charge in [0, 0.05) is 36.8 Å². The molecule has 4 aromatic rings. The van der Waals surface area contributed by atoms with Gasteiger partial charge in [-0.15, -0.1) is 16.8 Å². The molecule has 0 atom stereocenters. The van der Waals surface area contributed by atoms with Crippen molar-refractivity contribution in [1.82, 2.24) is 25.1 Å². The fraction of sp³-hybridized carbons (Fsp3) is 0.130. The molecule has 7 nitrogen and oxygen atoms in total. The zero-order valence-corrected chi connectivity index (χ0v) is 17.6. The van der Waals surface area contributed by atoms with Crippen molar-refractivity contribution in [2.75, 3.05) is 0 Å². The van der Waals surface area contributed by atoms with Crippen LogP contribution in [0.5, 0.6) is 0 Å². The normalized spacial score (nSPS) is 10.7. The summed E-state index contributed by atoms with van der Waals surface area (Å²) in [6, 6.07) is 15.0. The van der Waals surface area contributed by atoms with Crippen LogP contribution >= 0.6 is 11.8 Å². The highest BCUT2D eigenvalue weighted by Crippen LogP contribution is 2.27. The molecule has 0 unspecified atom stereocenters. The lowest BCUT2D eigenvalue weighted by molar-refractivity contribution is 0.0951. The molecular weight excluding hydrogens is 410 g/mol. The molecule has 0 aliphatic carbocycles. The number of allylic oxidation sites excluding steroid dienone is 1. The van der Waals surface area contributed by atoms with Crippen LogP contribution in [0, 0.1) is 0 Å². The lowest BCUT2D eigenvalue weighted by Gasteiger charge is -2.08. The van der Waals surface area contributed by atoms with Crippen molar-refractivity contribution in [3.05, 3.63) is 96.5 Å². The molecule has 0 fully saturated rings. The molecule has 156 valence electrons. The van der Waals surface area contributed by atoms with Crippen LogP contribution in [0.4, 0.5) is 0 Å². The van der Waals surface area contributed by atoms with Gasteiger partial charge in [0.1, 0.15) is 0 Å². The summed E-state index contributed by atoms with van der Waals surface area (Å²) in [5, 5.41) is 12.3. The summed E-state index contributed by atoms with van der Waals surface area (Å²) in [5.41, 5.74) is 2.65. The van der Waals surface area contributed by atoms with Crippen LogP contribution in [0.25, 0.3) is 11.6 Å². The number of benzene rings is 1. The number of nitrogens with one attached hydrogen (secondary N) is 1. The molecule has 3 heterocycles. The Morgan fingerprint density at radius 3 is 2.77 bits per heavy atom. The summed E-state index contributed by atoms with van der Waals surface area (Å²) < 4.78 is 7.42. The van der Waals surface area contributed by atoms with Crippen molar-refractivity contribution >= 4 is 17.7 Å². The van der Waals surface area contributed by atoms with Gasteiger partial charge >= 0.3 is 0 Å². The first-order chi connectivity index (χ1) is 15.2. The highest BCUT2D eigenvalue weighted by atomic mass is 32.2. The molecule has 0 bridgehead atoms. The third-order valence-electron chi connectivity index (χ3n) is 4.53. The van der Waals surface area contributed by atoms with E-state index in [1.165, 1.54) is 0 Å². The van der Waals surface area contributed by atoms with E-state index >= 15 is 0 Å². The van der Waals surface area contributed by atoms with E-state index in [-0.39, 0.29) is 5.91 Å². The number of amides is 1. The number of furan rings is 1. The van der Waals surface area contributed by atoms with Crippen LogP contribution in [0.1, 0.15) is 21.5 Å². The Morgan fingerprint density at radius 2 is 2.00 bits per heavy atom. The van der Waals surface area contributed by atoms with Crippen LogP contribution in [0.2, 0.25) is 0 Å². The summed E-state index contributed by atoms with van der Waals surface area (Å²) in [6.07, 6.45) is 6.83. The zero-order valence-electron chi connectivity index (χ0n) is 16.8. The Hall–Kier alpha value is -3.65. The first-order valence-corrected chi connectivity index (χ1v) is 10.7. The predicted molar refractivity (Wildman–Crippen MR) is 119 cm³/mol. The molecule has 3 aromatic heterocycles. The van der Waals surface area contributed by atoms with Gasteiger partial charge in [0.2, 0.25) is 5.82 Å². The van der Waals surface area contributed by atoms with Crippen molar-refractivity contribution in [3.63, 3.8) is 0 Å². The predicted octanol–water partition coefficient (Wildman–Crippen LogP) is 4.34. The first kappa shape index (κ1) is 20.6. The molecule has 0 saturated heterocycles. The van der Waals surface area contributed by atoms with Crippen LogP contribution in [-0.2, 0) is 18.8 Å². The quantitative estimate of drug-likeness (QED) is 0.313. The smallest absolute Gasteiger partial charge is 0.251 e. The van der Waals surface area contributed by atoms with Gasteiger partial charge in [-0.05, 0) is 47.5 Å². The lowest BCUT2D eigenvalue weighted by Crippen LogP contribution is -2.22. The van der Waals surface area contributed by atoms with E-state index in [0.717, 1.165) is 16.3 Å². The van der Waals surface area contributed by atoms with Gasteiger partial charge < -0.3 is 9.73 Å². The first-order valence-electron chi connectivity index (χ1n) is 9.71. The van der Waals surface area contributed by atoms with E-state index in [9.17, 15) is 4.79 Å². The van der Waals surface area contributed by atoms with Crippen molar-refractivity contribution in [2.24, 2.45) is 0 Å². The topological polar surface area (TPSA) is 85.8 Å². The molecule has 1 amide bonds. The van der Waals surface area contributed by atoms with Crippen LogP contribution in [-0.4, -0.2) is 25.7 Å². The van der Waals surface area contributed by atoms with Crippen LogP contribution in [0.3, 0.4) is 0 Å². The van der Waals surface area contributed by atoms with Crippen molar-refractivity contribution in [3.8, 4) is 11.6 Å². The van der Waals surface area contributed by atoms with Crippen LogP contribution < -0.4 is 5.32 Å². The van der Waals surface area contributed by atoms with Crippen molar-refractivity contribution in [2.45, 2.75) is 24.0 Å². The molecule has 0 saturated carbocycles. The second-order valence-corrected chi connectivity index (χ2v) is 7.65. The zero-order chi connectivity index (χ0) is 21.5. The second-order valence-electron chi connectivity index (χ2n) is 6.71. The monoisotopic (exact) mass is 431 g/mol. The maximum absolute atomic E-state index is 12.5. The maximum atomic E-state index is 12.5. The largest absolute Gasteiger partial charge is 0.461 e. The number of nitrogens with zero attached hydrogens (tertiary/aromatic N) is 4. The molecule has 0 spiro atoms. The third-order valence-corrected chi connectivity index (χ3v) is 5.57. The molecule has 0 aliphatic rings. The number of rotatable bonds is 9. The average Bonchev–Trinajstić information content (AvgIpc) is 3.47. The van der Waals surface area contributed by atoms with Crippen molar-refractivity contribution in [1.29, 1.82) is 0 Å². The molecule has 1 N–H and O–H groups in total. The number of hydrogen-bond acceptors (Lipinski definition) is 6. The minimum atomic E-state index is -0.112. The third kappa shape index (κ3) is 5.10. The molecular formula is C23H21N5O2S. The Morgan fingerprint density at radius 1 is 1.13 bits per heavy atom. The number of pyridine rings is 1. The summed E-state index contributed by atoms with van der Waals surface area (Å²) in [6.45, 7) is 4.85. The number of hydrogen-bond donors (Lipinski definition) is 1. The molecule has 1 aromatic carbocycles. The Kier molecular flexibility index (Phi) is 6.59. The van der Waals surface area contributed by atoms with Gasteiger partial charge in [-0.2, -0.15) is 0 Å². The maximum Gasteiger partial charge on any atom is 0.251 e. The summed E-state index contributed by atoms with van der Waals surface area (Å²) >= 11 is 1.55. The molecule has 31 heavy (non-hydrogen) atoms. The highest BCUT2D eigenvalue weighted by molar-refractivity contribution is 7.98. The van der Waals surface area contributed by atoms with E-state index in [1.807, 2.05) is 53.1 Å². The van der Waals surface area contributed by atoms with Gasteiger partial charge in [-0.25, -0.2) is 0 Å². The summed E-state index contributed by atoms with van der Waals surface area (Å²) in [4.78, 5) is 16.5. The summed E-state index contributed by atoms with van der Waals surface area (Å²) in [7, 11) is 0. The second kappa shape index (κ2) is 9.90. The Labute approximate surface area is 184 Å². The molecule has 4 rings (SSSR count). The van der Waals surface area contributed by atoms with E-state index < -0.39 is 0 Å². The number of carbonyl (C=O) groups is 1. The van der Waals surface area contributed by atoms with E-state index in [4.69, 9.17) is 4.42 Å². The fourth-order valence-electron chi connectivity index (χ4n) is 3.01. The molecule has 8 heteroatoms. The number of thioether (sulfide) groups is 1. The average molecular weight is 432 g/mol. The number of aromatic nitrogens is 4. The minimum Gasteiger partial charge on any atom is -0.461 e. The Balaban J connectivity index is 1.42. The summed E-state index contributed by atoms with van der Waals surface area (Å²) in [5.74, 6) is 1.86. The standard InChI is InChI=1S/C23H21N5O2S/c1-2-12-28-21(20-7-4-13-30-20)26-27-23(28)31-16-18-5-3-6-19(14-18)22(29)25-15-17-8-10-24-11-9-17/h2-11,13-14H,1,12,15-16H2,(H,25,29). The van der Waals surface area contributed by atoms with Gasteiger partial charge in [-0.1, -0.05) is 30.0 Å². The fourth-order valence-corrected chi connectivity index (χ4v) is 3.90. The van der Waals surface area contributed by atoms with E-state index in [2.05, 4.69) is 27.1 Å². The van der Waals surface area contributed by atoms with E-state index in [0.29, 0.717) is 36.0 Å². The highest BCUT2D eigenvalue weighted by Gasteiger charge is 2.16. The van der Waals surface area contributed by atoms with Gasteiger partial charge in [-0.3, -0.25) is 14.3 Å². The lowest BCUT2D eigenvalue weighted by atomic mass is 10.1. The number of carbonyl (C=O) groups excluding carboxylic acids is 1. The SMILES string of the molecule is C=CCn1c(SCc2cccc(C(=O)NCc3ccncc3)c2)nnc1-c1ccco1. The molecule has 0 aliphatic heterocycles. The van der Waals surface area contributed by atoms with E-state index in [1.54, 1.807) is 36.5 Å². The van der Waals surface area contributed by atoms with Gasteiger partial charge in [0.15, 0.2) is 10.9 Å². The Bertz CT molecular complexity index is 1160. The molecule has 0 radical (unpaired) electrons.